The molecule has 1 aromatic carbocycles. The van der Waals surface area contributed by atoms with Crippen LogP contribution >= 0.6 is 0 Å². The van der Waals surface area contributed by atoms with Crippen molar-refractivity contribution >= 4 is 16.6 Å². The van der Waals surface area contributed by atoms with Crippen molar-refractivity contribution in [1.29, 1.82) is 10.5 Å². The van der Waals surface area contributed by atoms with E-state index in [0.29, 0.717) is 17.5 Å². The van der Waals surface area contributed by atoms with Crippen molar-refractivity contribution in [3.63, 3.8) is 0 Å². The highest BCUT2D eigenvalue weighted by Gasteiger charge is 2.42. The minimum absolute atomic E-state index is 0.0151. The molecule has 1 aromatic heterocycles. The largest absolute Gasteiger partial charge is 0.474 e. The van der Waals surface area contributed by atoms with Crippen LogP contribution in [0.4, 0.5) is 17.6 Å². The summed E-state index contributed by atoms with van der Waals surface area (Å²) >= 11 is 0. The van der Waals surface area contributed by atoms with Crippen molar-refractivity contribution in [2.75, 3.05) is 13.2 Å². The molecule has 168 valence electrons. The van der Waals surface area contributed by atoms with Crippen molar-refractivity contribution in [2.24, 2.45) is 10.9 Å². The molecule has 1 aliphatic rings. The summed E-state index contributed by atoms with van der Waals surface area (Å²) in [7, 11) is 0. The molecule has 2 heterocycles. The number of nitrogens with one attached hydrogen (secondary N) is 1. The maximum absolute atomic E-state index is 13.5. The number of alkyl halides is 4. The lowest BCUT2D eigenvalue weighted by atomic mass is 9.76. The molecule has 0 radical (unpaired) electrons. The average molecular weight is 449 g/mol. The number of nitrogens with zero attached hydrogens (tertiary/aromatic N) is 4. The molecule has 32 heavy (non-hydrogen) atoms. The van der Waals surface area contributed by atoms with Gasteiger partial charge in [0.25, 0.3) is 12.9 Å². The van der Waals surface area contributed by atoms with Crippen molar-refractivity contribution in [2.45, 2.75) is 38.7 Å². The number of H-pyrrole nitrogens is 1. The predicted molar refractivity (Wildman–Crippen MR) is 107 cm³/mol. The number of aliphatic imine (C=N–C) groups is 1. The van der Waals surface area contributed by atoms with E-state index in [-0.39, 0.29) is 24.2 Å². The van der Waals surface area contributed by atoms with Crippen molar-refractivity contribution in [3.05, 3.63) is 35.0 Å². The van der Waals surface area contributed by atoms with Gasteiger partial charge in [0, 0.05) is 5.92 Å². The lowest BCUT2D eigenvalue weighted by molar-refractivity contribution is 0.0546. The first-order valence-corrected chi connectivity index (χ1v) is 9.69. The van der Waals surface area contributed by atoms with Gasteiger partial charge in [-0.05, 0) is 31.5 Å². The Morgan fingerprint density at radius 1 is 1.12 bits per heavy atom. The molecule has 1 N–H and O–H groups in total. The van der Waals surface area contributed by atoms with Crippen LogP contribution in [0.3, 0.4) is 0 Å². The highest BCUT2D eigenvalue weighted by Crippen LogP contribution is 2.42. The Balaban J connectivity index is 2.05. The Morgan fingerprint density at radius 3 is 2.47 bits per heavy atom. The maximum atomic E-state index is 13.5. The molecule has 0 spiro atoms. The van der Waals surface area contributed by atoms with Gasteiger partial charge in [-0.1, -0.05) is 6.07 Å². The lowest BCUT2D eigenvalue weighted by Crippen LogP contribution is -2.32. The number of halogens is 4. The minimum Gasteiger partial charge on any atom is -0.474 e. The van der Waals surface area contributed by atoms with Crippen LogP contribution < -0.4 is 4.74 Å². The monoisotopic (exact) mass is 449 g/mol. The van der Waals surface area contributed by atoms with E-state index in [4.69, 9.17) is 9.47 Å². The summed E-state index contributed by atoms with van der Waals surface area (Å²) < 4.78 is 65.1. The van der Waals surface area contributed by atoms with E-state index in [1.807, 2.05) is 13.8 Å². The smallest absolute Gasteiger partial charge is 0.281 e. The van der Waals surface area contributed by atoms with E-state index in [9.17, 15) is 28.1 Å². The van der Waals surface area contributed by atoms with Gasteiger partial charge < -0.3 is 9.47 Å². The van der Waals surface area contributed by atoms with E-state index < -0.39 is 41.7 Å². The van der Waals surface area contributed by atoms with Gasteiger partial charge in [0.15, 0.2) is 0 Å². The fraction of sp³-hybridized carbons (Fsp3) is 0.429. The molecule has 1 aliphatic heterocycles. The summed E-state index contributed by atoms with van der Waals surface area (Å²) in [5.74, 6) is -2.73. The van der Waals surface area contributed by atoms with Crippen LogP contribution in [0.5, 0.6) is 5.88 Å². The van der Waals surface area contributed by atoms with Gasteiger partial charge in [0.1, 0.15) is 23.9 Å². The van der Waals surface area contributed by atoms with Crippen molar-refractivity contribution in [1.82, 2.24) is 10.2 Å². The summed E-state index contributed by atoms with van der Waals surface area (Å²) in [6.45, 7) is 4.24. The number of ether oxygens (including phenoxy) is 2. The number of fused-ring (bicyclic) bond motifs is 1. The Kier molecular flexibility index (Phi) is 7.11. The first-order chi connectivity index (χ1) is 15.3. The summed E-state index contributed by atoms with van der Waals surface area (Å²) in [5, 5.41) is 26.3. The summed E-state index contributed by atoms with van der Waals surface area (Å²) in [5.41, 5.74) is -1.80. The standard InChI is InChI=1S/C21H19F4N5O2/c1-10(2)31-5-6-32-21-12-7-11(3-4-15(12)29-30-21)16-13(8-26)17(19(22)23)28-18(20(24)25)14(16)9-27/h3-4,7,10,13,16,19-20H,5-6H2,1-2H3,(H,29,30). The van der Waals surface area contributed by atoms with Crippen LogP contribution in [0.1, 0.15) is 25.3 Å². The second kappa shape index (κ2) is 9.79. The van der Waals surface area contributed by atoms with Gasteiger partial charge in [0.05, 0.1) is 41.3 Å². The van der Waals surface area contributed by atoms with E-state index in [1.165, 1.54) is 12.1 Å². The molecule has 0 fully saturated rings. The Bertz CT molecular complexity index is 1130. The van der Waals surface area contributed by atoms with E-state index in [2.05, 4.69) is 15.2 Å². The number of aromatic amines is 1. The van der Waals surface area contributed by atoms with E-state index in [0.717, 1.165) is 0 Å². The van der Waals surface area contributed by atoms with Gasteiger partial charge in [-0.25, -0.2) is 22.6 Å². The summed E-state index contributed by atoms with van der Waals surface area (Å²) in [6, 6.07) is 7.85. The van der Waals surface area contributed by atoms with Gasteiger partial charge in [-0.3, -0.25) is 5.10 Å². The number of nitriles is 2. The van der Waals surface area contributed by atoms with E-state index >= 15 is 0 Å². The molecule has 2 unspecified atom stereocenters. The molecular weight excluding hydrogens is 430 g/mol. The topological polar surface area (TPSA) is 107 Å². The third kappa shape index (κ3) is 4.58. The first-order valence-electron chi connectivity index (χ1n) is 9.69. The van der Waals surface area contributed by atoms with E-state index in [1.54, 1.807) is 18.2 Å². The zero-order valence-corrected chi connectivity index (χ0v) is 17.2. The Labute approximate surface area is 180 Å². The SMILES string of the molecule is CC(C)OCCOc1n[nH]c2ccc(C3C(C#N)=C(C(F)F)N=C(C(F)F)C3C#N)cc12. The molecule has 0 saturated carbocycles. The quantitative estimate of drug-likeness (QED) is 0.476. The van der Waals surface area contributed by atoms with Crippen LogP contribution in [0.15, 0.2) is 34.5 Å². The molecule has 0 saturated heterocycles. The first kappa shape index (κ1) is 23.2. The van der Waals surface area contributed by atoms with Crippen LogP contribution in [0, 0.1) is 28.6 Å². The number of rotatable bonds is 8. The molecule has 2 aromatic rings. The highest BCUT2D eigenvalue weighted by atomic mass is 19.3. The molecule has 2 atom stereocenters. The highest BCUT2D eigenvalue weighted by molar-refractivity contribution is 5.95. The molecule has 11 heteroatoms. The van der Waals surface area contributed by atoms with Crippen LogP contribution in [-0.2, 0) is 4.74 Å². The summed E-state index contributed by atoms with van der Waals surface area (Å²) in [6.07, 6.45) is -6.46. The van der Waals surface area contributed by atoms with Crippen molar-refractivity contribution in [3.8, 4) is 18.0 Å². The normalized spacial score (nSPS) is 18.9. The third-order valence-corrected chi connectivity index (χ3v) is 4.86. The van der Waals surface area contributed by atoms with Gasteiger partial charge in [-0.2, -0.15) is 10.5 Å². The van der Waals surface area contributed by atoms with Crippen molar-refractivity contribution < 1.29 is 27.0 Å². The maximum Gasteiger partial charge on any atom is 0.281 e. The van der Waals surface area contributed by atoms with Gasteiger partial charge >= 0.3 is 0 Å². The van der Waals surface area contributed by atoms with Gasteiger partial charge in [-0.15, -0.1) is 5.10 Å². The fourth-order valence-corrected chi connectivity index (χ4v) is 3.48. The molecule has 0 aliphatic carbocycles. The number of hydrogen-bond donors (Lipinski definition) is 1. The zero-order valence-electron chi connectivity index (χ0n) is 17.2. The minimum atomic E-state index is -3.25. The third-order valence-electron chi connectivity index (χ3n) is 4.86. The Hall–Kier alpha value is -3.44. The zero-order chi connectivity index (χ0) is 23.4. The van der Waals surface area contributed by atoms with Crippen LogP contribution in [0.2, 0.25) is 0 Å². The molecule has 0 bridgehead atoms. The predicted octanol–water partition coefficient (Wildman–Crippen LogP) is 4.35. The molecular formula is C21H19F4N5O2. The fourth-order valence-electron chi connectivity index (χ4n) is 3.48. The van der Waals surface area contributed by atoms with Crippen LogP contribution in [0.25, 0.3) is 10.9 Å². The molecule has 7 nitrogen and oxygen atoms in total. The number of allylic oxidation sites excluding steroid dienone is 2. The number of hydrogen-bond acceptors (Lipinski definition) is 6. The lowest BCUT2D eigenvalue weighted by Gasteiger charge is -2.28. The van der Waals surface area contributed by atoms with Crippen LogP contribution in [-0.4, -0.2) is 48.1 Å². The number of benzene rings is 1. The van der Waals surface area contributed by atoms with Gasteiger partial charge in [0.2, 0.25) is 5.88 Å². The second-order valence-electron chi connectivity index (χ2n) is 7.24. The molecule has 0 amide bonds. The summed E-state index contributed by atoms with van der Waals surface area (Å²) in [4.78, 5) is 3.29. The second-order valence-corrected chi connectivity index (χ2v) is 7.24. The average Bonchev–Trinajstić information content (AvgIpc) is 3.16. The number of aromatic nitrogens is 2. The Morgan fingerprint density at radius 2 is 1.88 bits per heavy atom. The molecule has 3 rings (SSSR count).